The summed E-state index contributed by atoms with van der Waals surface area (Å²) in [4.78, 5) is 68.6. The van der Waals surface area contributed by atoms with Gasteiger partial charge in [-0.1, -0.05) is 0 Å². The van der Waals surface area contributed by atoms with Gasteiger partial charge < -0.3 is 61.9 Å². The summed E-state index contributed by atoms with van der Waals surface area (Å²) in [5, 5.41) is 0. The van der Waals surface area contributed by atoms with Crippen molar-refractivity contribution in [1.82, 2.24) is 0 Å². The third-order valence-corrected chi connectivity index (χ3v) is 0. The van der Waals surface area contributed by atoms with Crippen molar-refractivity contribution in [2.45, 2.75) is 0 Å². The summed E-state index contributed by atoms with van der Waals surface area (Å²) in [5.41, 5.74) is 0. The van der Waals surface area contributed by atoms with Crippen LogP contribution in [0.2, 0.25) is 0 Å². The first-order chi connectivity index (χ1) is 4.00. The predicted molar refractivity (Wildman–Crippen MR) is 32.4 cm³/mol. The summed E-state index contributed by atoms with van der Waals surface area (Å²) >= 11 is 0. The fourth-order valence-electron chi connectivity index (χ4n) is 0. The molecule has 0 aromatic carbocycles. The molecule has 9 nitrogen and oxygen atoms in total. The fourth-order valence-corrected chi connectivity index (χ4v) is 0. The maximum absolute atomic E-state index is 8.58. The first-order valence-electron chi connectivity index (χ1n) is 1.63. The Balaban J connectivity index is -0.0000000128. The van der Waals surface area contributed by atoms with E-state index in [2.05, 4.69) is 0 Å². The van der Waals surface area contributed by atoms with Crippen LogP contribution in [0.3, 0.4) is 0 Å². The molecule has 0 fully saturated rings. The van der Waals surface area contributed by atoms with Crippen molar-refractivity contribution >= 4 is 96.2 Å². The molecule has 0 heterocycles. The molecule has 0 aliphatic rings. The Bertz CT molecular complexity index is 71.1. The van der Waals surface area contributed by atoms with Crippen molar-refractivity contribution in [3.05, 3.63) is 0 Å². The molecule has 0 aromatic heterocycles. The van der Waals surface area contributed by atoms with E-state index < -0.39 is 18.1 Å². The zero-order chi connectivity index (χ0) is 9.00. The van der Waals surface area contributed by atoms with Crippen molar-refractivity contribution < 1.29 is 95.2 Å². The minimum absolute atomic E-state index is 0. The normalized spacial score (nSPS) is 8.00. The van der Waals surface area contributed by atoms with Crippen LogP contribution in [-0.2, 0) is 0 Å². The molecule has 0 unspecified atom stereocenters. The summed E-state index contributed by atoms with van der Waals surface area (Å²) in [5.74, 6) is 0. The SMILES string of the molecule is O.[Al+3].[Ca+2].[K+].[Mg+2].[O-][Si]([O-])([O-])[O-].[O-][Si]([O-])([O-])[O-]. The monoisotopic (exact) mass is 332 g/mol. The van der Waals surface area contributed by atoms with Crippen LogP contribution in [0.5, 0.6) is 0 Å². The molecule has 0 saturated carbocycles. The van der Waals surface area contributed by atoms with Gasteiger partial charge >= 0.3 is 130 Å². The largest absolute Gasteiger partial charge is 3.00 e. The maximum atomic E-state index is 8.58. The van der Waals surface area contributed by atoms with Gasteiger partial charge in [-0.15, -0.1) is 0 Å². The second-order valence-corrected chi connectivity index (χ2v) is 3.00. The molecule has 15 heteroatoms. The minimum atomic E-state index is -5.61. The third-order valence-electron chi connectivity index (χ3n) is 0. The Morgan fingerprint density at radius 3 is 0.600 bits per heavy atom. The van der Waals surface area contributed by atoms with E-state index in [4.69, 9.17) is 38.4 Å². The Morgan fingerprint density at radius 1 is 0.600 bits per heavy atom. The Labute approximate surface area is 187 Å². The van der Waals surface area contributed by atoms with E-state index in [-0.39, 0.29) is 135 Å². The standard InChI is InChI=1S/Al.Ca.K.Mg.2O4Si.H2O/c;;;;2*1-5(2,3)4;/h;;;;;;1H2/q+3;+2;+1;+2;2*-4;. The van der Waals surface area contributed by atoms with E-state index >= 15 is 0 Å². The van der Waals surface area contributed by atoms with Crippen LogP contribution in [0.1, 0.15) is 0 Å². The summed E-state index contributed by atoms with van der Waals surface area (Å²) in [6.07, 6.45) is 0. The van der Waals surface area contributed by atoms with Crippen molar-refractivity contribution in [2.75, 3.05) is 0 Å². The van der Waals surface area contributed by atoms with Gasteiger partial charge in [-0.2, -0.15) is 0 Å². The molecule has 0 atom stereocenters. The second kappa shape index (κ2) is 20.6. The van der Waals surface area contributed by atoms with Crippen molar-refractivity contribution in [3.8, 4) is 0 Å². The third kappa shape index (κ3) is 265. The van der Waals surface area contributed by atoms with E-state index in [0.29, 0.717) is 0 Å². The van der Waals surface area contributed by atoms with Gasteiger partial charge in [-0.25, -0.2) is 0 Å². The topological polar surface area (TPSA) is 216 Å². The second-order valence-electron chi connectivity index (χ2n) is 1.00. The molecule has 0 radical (unpaired) electrons. The summed E-state index contributed by atoms with van der Waals surface area (Å²) < 4.78 is 0. The Kier molecular flexibility index (Phi) is 58.6. The van der Waals surface area contributed by atoms with Crippen LogP contribution >= 0.6 is 0 Å². The quantitative estimate of drug-likeness (QED) is 0.387. The van der Waals surface area contributed by atoms with Crippen LogP contribution in [-0.4, -0.2) is 102 Å². The van der Waals surface area contributed by atoms with E-state index in [1.54, 1.807) is 0 Å². The van der Waals surface area contributed by atoms with Crippen molar-refractivity contribution in [2.24, 2.45) is 0 Å². The van der Waals surface area contributed by atoms with E-state index in [0.717, 1.165) is 0 Å². The first kappa shape index (κ1) is 42.7. The summed E-state index contributed by atoms with van der Waals surface area (Å²) in [7, 11) is -11.2. The molecular weight excluding hydrogens is 331 g/mol. The fraction of sp³-hybridized carbons (Fsp3) is 0. The van der Waals surface area contributed by atoms with Gasteiger partial charge in [0.15, 0.2) is 0 Å². The van der Waals surface area contributed by atoms with Crippen LogP contribution in [0.25, 0.3) is 0 Å². The molecule has 0 aliphatic carbocycles. The van der Waals surface area contributed by atoms with E-state index in [1.165, 1.54) is 0 Å². The smallest absolute Gasteiger partial charge is 0.894 e. The minimum Gasteiger partial charge on any atom is -0.894 e. The van der Waals surface area contributed by atoms with Gasteiger partial charge in [0.2, 0.25) is 0 Å². The molecule has 0 rings (SSSR count). The van der Waals surface area contributed by atoms with Gasteiger partial charge in [0.05, 0.1) is 0 Å². The molecular formula is H2AlCaKMgO9Si2. The van der Waals surface area contributed by atoms with Crippen molar-refractivity contribution in [1.29, 1.82) is 0 Å². The molecule has 0 aliphatic heterocycles. The molecule has 0 aromatic rings. The summed E-state index contributed by atoms with van der Waals surface area (Å²) in [6, 6.07) is 0. The molecule has 0 bridgehead atoms. The van der Waals surface area contributed by atoms with Gasteiger partial charge in [-0.05, 0) is 0 Å². The predicted octanol–water partition coefficient (Wildman–Crippen LogP) is -15.2. The molecule has 0 amide bonds. The molecule has 15 heavy (non-hydrogen) atoms. The van der Waals surface area contributed by atoms with Gasteiger partial charge in [0, 0.05) is 0 Å². The number of rotatable bonds is 0. The molecule has 0 saturated heterocycles. The Morgan fingerprint density at radius 2 is 0.600 bits per heavy atom. The first-order valence-corrected chi connectivity index (χ1v) is 4.90. The average molecular weight is 333 g/mol. The molecule has 72 valence electrons. The van der Waals surface area contributed by atoms with Crippen molar-refractivity contribution in [3.63, 3.8) is 0 Å². The zero-order valence-electron chi connectivity index (χ0n) is 7.76. The van der Waals surface area contributed by atoms with Gasteiger partial charge in [0.25, 0.3) is 0 Å². The molecule has 2 N–H and O–H groups in total. The van der Waals surface area contributed by atoms with E-state index in [9.17, 15) is 0 Å². The van der Waals surface area contributed by atoms with Crippen LogP contribution in [0, 0.1) is 0 Å². The number of hydrogen-bond acceptors (Lipinski definition) is 8. The van der Waals surface area contributed by atoms with Crippen LogP contribution in [0.4, 0.5) is 0 Å². The molecule has 0 spiro atoms. The van der Waals surface area contributed by atoms with Gasteiger partial charge in [-0.3, -0.25) is 0 Å². The Hall–Kier alpha value is 4.27. The van der Waals surface area contributed by atoms with E-state index in [1.807, 2.05) is 0 Å². The van der Waals surface area contributed by atoms with Gasteiger partial charge in [0.1, 0.15) is 0 Å². The average Bonchev–Trinajstić information content (AvgIpc) is 1.12. The maximum Gasteiger partial charge on any atom is 3.00 e. The summed E-state index contributed by atoms with van der Waals surface area (Å²) in [6.45, 7) is 0. The van der Waals surface area contributed by atoms with Crippen LogP contribution in [0.15, 0.2) is 0 Å². The number of hydrogen-bond donors (Lipinski definition) is 0. The zero-order valence-corrected chi connectivity index (χ0v) is 17.7. The van der Waals surface area contributed by atoms with Crippen LogP contribution < -0.4 is 89.7 Å².